The fourth-order valence-electron chi connectivity index (χ4n) is 2.57. The van der Waals surface area contributed by atoms with Crippen LogP contribution in [0.25, 0.3) is 0 Å². The fourth-order valence-corrected chi connectivity index (χ4v) is 2.57. The predicted octanol–water partition coefficient (Wildman–Crippen LogP) is 2.24. The van der Waals surface area contributed by atoms with E-state index >= 15 is 0 Å². The zero-order chi connectivity index (χ0) is 18.8. The molecule has 0 saturated heterocycles. The first kappa shape index (κ1) is 17.2. The Labute approximate surface area is 148 Å². The molecule has 134 valence electrons. The summed E-state index contributed by atoms with van der Waals surface area (Å²) in [4.78, 5) is 36.2. The summed E-state index contributed by atoms with van der Waals surface area (Å²) in [5.74, 6) is -0.276. The first-order valence-corrected chi connectivity index (χ1v) is 7.69. The third kappa shape index (κ3) is 3.41. The molecular formula is C17H16N4O5. The number of carbonyl (C=O) groups excluding carboxylic acids is 2. The van der Waals surface area contributed by atoms with Crippen molar-refractivity contribution < 1.29 is 19.2 Å². The Morgan fingerprint density at radius 1 is 1.27 bits per heavy atom. The van der Waals surface area contributed by atoms with Crippen LogP contribution >= 0.6 is 0 Å². The third-order valence-corrected chi connectivity index (χ3v) is 3.79. The minimum atomic E-state index is -0.554. The van der Waals surface area contributed by atoms with Crippen molar-refractivity contribution in [1.29, 1.82) is 0 Å². The van der Waals surface area contributed by atoms with Crippen molar-refractivity contribution in [1.82, 2.24) is 0 Å². The molecule has 0 radical (unpaired) electrons. The zero-order valence-electron chi connectivity index (χ0n) is 14.1. The Hall–Kier alpha value is -3.62. The van der Waals surface area contributed by atoms with Crippen LogP contribution < -0.4 is 20.3 Å². The van der Waals surface area contributed by atoms with Crippen LogP contribution in [0.2, 0.25) is 0 Å². The average molecular weight is 356 g/mol. The Bertz CT molecular complexity index is 910. The molecule has 3 rings (SSSR count). The number of benzene rings is 2. The standard InChI is InChI=1S/C17H16N4O5/c1-20(2)14-5-4-11(21(24)25)8-12(14)17(23)18-10-3-6-15-13(7-10)19-16(22)9-26-15/h3-8H,9H2,1-2H3,(H,18,23)(H,19,22). The van der Waals surface area contributed by atoms with Gasteiger partial charge in [-0.1, -0.05) is 0 Å². The summed E-state index contributed by atoms with van der Waals surface area (Å²) < 4.78 is 5.27. The lowest BCUT2D eigenvalue weighted by atomic mass is 10.1. The topological polar surface area (TPSA) is 114 Å². The van der Waals surface area contributed by atoms with Gasteiger partial charge in [-0.15, -0.1) is 0 Å². The normalized spacial score (nSPS) is 12.5. The van der Waals surface area contributed by atoms with Crippen LogP contribution in [-0.2, 0) is 4.79 Å². The second kappa shape index (κ2) is 6.71. The number of rotatable bonds is 4. The quantitative estimate of drug-likeness (QED) is 0.641. The number of non-ortho nitro benzene ring substituents is 1. The molecule has 0 aliphatic carbocycles. The molecule has 26 heavy (non-hydrogen) atoms. The van der Waals surface area contributed by atoms with Crippen molar-refractivity contribution in [2.24, 2.45) is 0 Å². The summed E-state index contributed by atoms with van der Waals surface area (Å²) in [6, 6.07) is 8.92. The molecule has 0 atom stereocenters. The van der Waals surface area contributed by atoms with Crippen LogP contribution in [0.5, 0.6) is 5.75 Å². The summed E-state index contributed by atoms with van der Waals surface area (Å²) in [6.07, 6.45) is 0. The van der Waals surface area contributed by atoms with Gasteiger partial charge in [-0.2, -0.15) is 0 Å². The summed E-state index contributed by atoms with van der Waals surface area (Å²) in [5, 5.41) is 16.4. The minimum absolute atomic E-state index is 0.0570. The van der Waals surface area contributed by atoms with Gasteiger partial charge in [0.15, 0.2) is 6.61 Å². The highest BCUT2D eigenvalue weighted by Gasteiger charge is 2.20. The van der Waals surface area contributed by atoms with Crippen molar-refractivity contribution in [2.75, 3.05) is 36.2 Å². The molecule has 9 nitrogen and oxygen atoms in total. The monoisotopic (exact) mass is 356 g/mol. The number of nitrogens with one attached hydrogen (secondary N) is 2. The van der Waals surface area contributed by atoms with Gasteiger partial charge in [0.1, 0.15) is 5.75 Å². The van der Waals surface area contributed by atoms with Crippen molar-refractivity contribution in [2.45, 2.75) is 0 Å². The Balaban J connectivity index is 1.90. The second-order valence-corrected chi connectivity index (χ2v) is 5.85. The third-order valence-electron chi connectivity index (χ3n) is 3.79. The summed E-state index contributed by atoms with van der Waals surface area (Å²) in [5.41, 5.74) is 1.42. The van der Waals surface area contributed by atoms with Gasteiger partial charge in [0.05, 0.1) is 16.2 Å². The van der Waals surface area contributed by atoms with Crippen molar-refractivity contribution >= 4 is 34.6 Å². The van der Waals surface area contributed by atoms with Crippen LogP contribution in [0.1, 0.15) is 10.4 Å². The lowest BCUT2D eigenvalue weighted by molar-refractivity contribution is -0.384. The number of carbonyl (C=O) groups is 2. The molecule has 1 aliphatic rings. The van der Waals surface area contributed by atoms with Crippen LogP contribution in [0.15, 0.2) is 36.4 Å². The highest BCUT2D eigenvalue weighted by Crippen LogP contribution is 2.31. The molecule has 0 bridgehead atoms. The summed E-state index contributed by atoms with van der Waals surface area (Å²) >= 11 is 0. The highest BCUT2D eigenvalue weighted by atomic mass is 16.6. The maximum Gasteiger partial charge on any atom is 0.270 e. The van der Waals surface area contributed by atoms with Gasteiger partial charge >= 0.3 is 0 Å². The molecule has 2 aromatic rings. The smallest absolute Gasteiger partial charge is 0.270 e. The fraction of sp³-hybridized carbons (Fsp3) is 0.176. The number of nitro benzene ring substituents is 1. The van der Waals surface area contributed by atoms with Crippen LogP contribution in [0.3, 0.4) is 0 Å². The van der Waals surface area contributed by atoms with Gasteiger partial charge in [-0.25, -0.2) is 0 Å². The van der Waals surface area contributed by atoms with Gasteiger partial charge in [0.2, 0.25) is 0 Å². The van der Waals surface area contributed by atoms with Crippen LogP contribution in [0, 0.1) is 10.1 Å². The highest BCUT2D eigenvalue weighted by molar-refractivity contribution is 6.09. The van der Waals surface area contributed by atoms with E-state index in [-0.39, 0.29) is 23.8 Å². The maximum absolute atomic E-state index is 12.7. The summed E-state index contributed by atoms with van der Waals surface area (Å²) in [7, 11) is 3.48. The van der Waals surface area contributed by atoms with Crippen molar-refractivity contribution in [3.05, 3.63) is 52.1 Å². The predicted molar refractivity (Wildman–Crippen MR) is 95.9 cm³/mol. The largest absolute Gasteiger partial charge is 0.482 e. The molecule has 1 heterocycles. The van der Waals surface area contributed by atoms with Crippen molar-refractivity contribution in [3.8, 4) is 5.75 Å². The number of hydrogen-bond donors (Lipinski definition) is 2. The SMILES string of the molecule is CN(C)c1ccc([N+](=O)[O-])cc1C(=O)Nc1ccc2c(c1)NC(=O)CO2. The first-order valence-electron chi connectivity index (χ1n) is 7.69. The summed E-state index contributed by atoms with van der Waals surface area (Å²) in [6.45, 7) is -0.0570. The molecule has 1 aliphatic heterocycles. The van der Waals surface area contributed by atoms with E-state index in [2.05, 4.69) is 10.6 Å². The number of nitrogens with zero attached hydrogens (tertiary/aromatic N) is 2. The number of ether oxygens (including phenoxy) is 1. The van der Waals surface area contributed by atoms with Gasteiger partial charge in [0, 0.05) is 37.6 Å². The van der Waals surface area contributed by atoms with Gasteiger partial charge in [-0.3, -0.25) is 19.7 Å². The van der Waals surface area contributed by atoms with E-state index in [1.807, 2.05) is 0 Å². The average Bonchev–Trinajstić information content (AvgIpc) is 2.60. The first-order chi connectivity index (χ1) is 12.3. The van der Waals surface area contributed by atoms with E-state index in [0.29, 0.717) is 22.8 Å². The molecule has 2 aromatic carbocycles. The molecule has 2 amide bonds. The number of anilines is 3. The lowest BCUT2D eigenvalue weighted by Crippen LogP contribution is -2.25. The Kier molecular flexibility index (Phi) is 4.44. The van der Waals surface area contributed by atoms with E-state index in [1.54, 1.807) is 37.2 Å². The Morgan fingerprint density at radius 2 is 2.04 bits per heavy atom. The second-order valence-electron chi connectivity index (χ2n) is 5.85. The van der Waals surface area contributed by atoms with E-state index in [0.717, 1.165) is 0 Å². The molecule has 0 aromatic heterocycles. The molecule has 2 N–H and O–H groups in total. The van der Waals surface area contributed by atoms with Gasteiger partial charge in [0.25, 0.3) is 17.5 Å². The van der Waals surface area contributed by atoms with Crippen LogP contribution in [0.4, 0.5) is 22.7 Å². The number of fused-ring (bicyclic) bond motifs is 1. The molecule has 0 saturated carbocycles. The lowest BCUT2D eigenvalue weighted by Gasteiger charge is -2.19. The molecule has 0 unspecified atom stereocenters. The number of nitro groups is 1. The molecule has 9 heteroatoms. The molecule has 0 spiro atoms. The molecule has 0 fully saturated rings. The Morgan fingerprint density at radius 3 is 2.73 bits per heavy atom. The van der Waals surface area contributed by atoms with E-state index in [1.165, 1.54) is 18.2 Å². The minimum Gasteiger partial charge on any atom is -0.482 e. The van der Waals surface area contributed by atoms with Crippen molar-refractivity contribution in [3.63, 3.8) is 0 Å². The van der Waals surface area contributed by atoms with Crippen LogP contribution in [-0.4, -0.2) is 37.4 Å². The van der Waals surface area contributed by atoms with E-state index < -0.39 is 10.8 Å². The van der Waals surface area contributed by atoms with E-state index in [4.69, 9.17) is 4.74 Å². The van der Waals surface area contributed by atoms with Gasteiger partial charge in [-0.05, 0) is 24.3 Å². The zero-order valence-corrected chi connectivity index (χ0v) is 14.1. The van der Waals surface area contributed by atoms with Gasteiger partial charge < -0.3 is 20.3 Å². The molecular weight excluding hydrogens is 340 g/mol. The van der Waals surface area contributed by atoms with E-state index in [9.17, 15) is 19.7 Å². The number of amides is 2. The number of hydrogen-bond acceptors (Lipinski definition) is 6. The maximum atomic E-state index is 12.7.